The van der Waals surface area contributed by atoms with E-state index in [1.54, 1.807) is 0 Å². The number of halogens is 1. The van der Waals surface area contributed by atoms with Gasteiger partial charge in [0, 0.05) is 6.07 Å². The van der Waals surface area contributed by atoms with Gasteiger partial charge in [-0.1, -0.05) is 0 Å². The molecule has 0 unspecified atom stereocenters. The number of hydrogen-bond acceptors (Lipinski definition) is 3. The van der Waals surface area contributed by atoms with E-state index in [9.17, 15) is 9.18 Å². The van der Waals surface area contributed by atoms with Crippen LogP contribution < -0.4 is 0 Å². The molecule has 1 aromatic carbocycles. The van der Waals surface area contributed by atoms with Crippen LogP contribution in [0.4, 0.5) is 4.39 Å². The van der Waals surface area contributed by atoms with Gasteiger partial charge in [-0.3, -0.25) is 4.79 Å². The van der Waals surface area contributed by atoms with E-state index < -0.39 is 23.1 Å². The molecule has 64 valence electrons. The molecule has 0 aromatic heterocycles. The third-order valence-corrected chi connectivity index (χ3v) is 1.44. The normalized spacial score (nSPS) is 9.83. The van der Waals surface area contributed by atoms with Crippen molar-refractivity contribution in [3.8, 4) is 11.5 Å². The second kappa shape index (κ2) is 2.81. The summed E-state index contributed by atoms with van der Waals surface area (Å²) in [6.45, 7) is 1.20. The molecule has 0 bridgehead atoms. The first-order chi connectivity index (χ1) is 5.52. The van der Waals surface area contributed by atoms with Crippen LogP contribution in [0.25, 0.3) is 0 Å². The summed E-state index contributed by atoms with van der Waals surface area (Å²) in [5.74, 6) is -2.46. The molecule has 0 heterocycles. The van der Waals surface area contributed by atoms with Crippen LogP contribution in [0.15, 0.2) is 12.1 Å². The van der Waals surface area contributed by atoms with Gasteiger partial charge in [-0.2, -0.15) is 0 Å². The number of ketones is 1. The van der Waals surface area contributed by atoms with Crippen LogP contribution in [0.3, 0.4) is 0 Å². The molecule has 1 rings (SSSR count). The molecule has 0 amide bonds. The number of phenolic OH excluding ortho intramolecular Hbond substituents is 2. The fraction of sp³-hybridized carbons (Fsp3) is 0.125. The first-order valence-corrected chi connectivity index (χ1v) is 3.25. The van der Waals surface area contributed by atoms with Gasteiger partial charge in [0.2, 0.25) is 0 Å². The predicted octanol–water partition coefficient (Wildman–Crippen LogP) is 1.44. The number of rotatable bonds is 1. The first kappa shape index (κ1) is 8.52. The number of carbonyl (C=O) groups excluding carboxylic acids is 1. The Labute approximate surface area is 68.1 Å². The average Bonchev–Trinajstić information content (AvgIpc) is 1.96. The zero-order valence-corrected chi connectivity index (χ0v) is 6.34. The third kappa shape index (κ3) is 1.37. The molecule has 0 aliphatic heterocycles. The first-order valence-electron chi connectivity index (χ1n) is 3.25. The molecule has 12 heavy (non-hydrogen) atoms. The molecular formula is C8H7FO3. The molecule has 2 N–H and O–H groups in total. The van der Waals surface area contributed by atoms with Crippen molar-refractivity contribution in [2.24, 2.45) is 0 Å². The number of aromatic hydroxyl groups is 2. The van der Waals surface area contributed by atoms with Gasteiger partial charge in [-0.05, 0) is 13.0 Å². The predicted molar refractivity (Wildman–Crippen MR) is 39.7 cm³/mol. The van der Waals surface area contributed by atoms with Crippen LogP contribution in [0, 0.1) is 5.82 Å². The van der Waals surface area contributed by atoms with Gasteiger partial charge in [-0.15, -0.1) is 0 Å². The van der Waals surface area contributed by atoms with E-state index in [2.05, 4.69) is 0 Å². The van der Waals surface area contributed by atoms with Crippen LogP contribution in [-0.4, -0.2) is 16.0 Å². The van der Waals surface area contributed by atoms with Crippen LogP contribution in [0.5, 0.6) is 11.5 Å². The standard InChI is InChI=1S/C8H7FO3/c1-4(10)5-2-6(9)8(12)3-7(5)11/h2-3,11-12H,1H3. The van der Waals surface area contributed by atoms with Crippen molar-refractivity contribution in [1.82, 2.24) is 0 Å². The van der Waals surface area contributed by atoms with Gasteiger partial charge in [0.15, 0.2) is 17.3 Å². The summed E-state index contributed by atoms with van der Waals surface area (Å²) in [7, 11) is 0. The molecule has 0 saturated carbocycles. The van der Waals surface area contributed by atoms with Crippen molar-refractivity contribution in [2.45, 2.75) is 6.92 Å². The number of benzene rings is 1. The summed E-state index contributed by atoms with van der Waals surface area (Å²) in [6.07, 6.45) is 0. The van der Waals surface area contributed by atoms with Gasteiger partial charge in [0.25, 0.3) is 0 Å². The lowest BCUT2D eigenvalue weighted by Crippen LogP contribution is -1.93. The van der Waals surface area contributed by atoms with E-state index >= 15 is 0 Å². The fourth-order valence-corrected chi connectivity index (χ4v) is 0.833. The largest absolute Gasteiger partial charge is 0.507 e. The van der Waals surface area contributed by atoms with Gasteiger partial charge in [-0.25, -0.2) is 4.39 Å². The zero-order chi connectivity index (χ0) is 9.30. The summed E-state index contributed by atoms with van der Waals surface area (Å²) in [5, 5.41) is 17.8. The Morgan fingerprint density at radius 2 is 1.92 bits per heavy atom. The molecule has 0 spiro atoms. The van der Waals surface area contributed by atoms with Gasteiger partial charge >= 0.3 is 0 Å². The average molecular weight is 170 g/mol. The maximum atomic E-state index is 12.6. The lowest BCUT2D eigenvalue weighted by molar-refractivity contribution is 0.101. The Morgan fingerprint density at radius 1 is 1.33 bits per heavy atom. The van der Waals surface area contributed by atoms with Crippen LogP contribution in [0.1, 0.15) is 17.3 Å². The van der Waals surface area contributed by atoms with Gasteiger partial charge in [0.05, 0.1) is 5.56 Å². The molecule has 4 heteroatoms. The van der Waals surface area contributed by atoms with Crippen molar-refractivity contribution in [3.63, 3.8) is 0 Å². The SMILES string of the molecule is CC(=O)c1cc(F)c(O)cc1O. The summed E-state index contributed by atoms with van der Waals surface area (Å²) in [5.41, 5.74) is -0.134. The van der Waals surface area contributed by atoms with Crippen molar-refractivity contribution < 1.29 is 19.4 Å². The molecule has 0 radical (unpaired) electrons. The smallest absolute Gasteiger partial charge is 0.165 e. The van der Waals surface area contributed by atoms with E-state index in [1.165, 1.54) is 6.92 Å². The quantitative estimate of drug-likeness (QED) is 0.627. The maximum absolute atomic E-state index is 12.6. The number of phenols is 2. The van der Waals surface area contributed by atoms with Crippen LogP contribution in [0.2, 0.25) is 0 Å². The molecular weight excluding hydrogens is 163 g/mol. The van der Waals surface area contributed by atoms with E-state index in [0.717, 1.165) is 12.1 Å². The lowest BCUT2D eigenvalue weighted by atomic mass is 10.1. The van der Waals surface area contributed by atoms with Crippen LogP contribution in [-0.2, 0) is 0 Å². The van der Waals surface area contributed by atoms with Crippen LogP contribution >= 0.6 is 0 Å². The minimum Gasteiger partial charge on any atom is -0.507 e. The Balaban J connectivity index is 3.33. The van der Waals surface area contributed by atoms with Crippen molar-refractivity contribution in [1.29, 1.82) is 0 Å². The third-order valence-electron chi connectivity index (χ3n) is 1.44. The van der Waals surface area contributed by atoms with Gasteiger partial charge < -0.3 is 10.2 Å². The molecule has 0 saturated heterocycles. The van der Waals surface area contributed by atoms with Gasteiger partial charge in [0.1, 0.15) is 5.75 Å². The highest BCUT2D eigenvalue weighted by Gasteiger charge is 2.11. The second-order valence-corrected chi connectivity index (χ2v) is 2.38. The van der Waals surface area contributed by atoms with Crippen molar-refractivity contribution in [2.75, 3.05) is 0 Å². The fourth-order valence-electron chi connectivity index (χ4n) is 0.833. The molecule has 0 fully saturated rings. The summed E-state index contributed by atoms with van der Waals surface area (Å²) in [6, 6.07) is 1.60. The Morgan fingerprint density at radius 3 is 2.42 bits per heavy atom. The van der Waals surface area contributed by atoms with Crippen molar-refractivity contribution in [3.05, 3.63) is 23.5 Å². The molecule has 0 aliphatic carbocycles. The summed E-state index contributed by atoms with van der Waals surface area (Å²) >= 11 is 0. The number of hydrogen-bond donors (Lipinski definition) is 2. The van der Waals surface area contributed by atoms with E-state index in [-0.39, 0.29) is 5.56 Å². The highest BCUT2D eigenvalue weighted by molar-refractivity contribution is 5.96. The topological polar surface area (TPSA) is 57.5 Å². The Bertz CT molecular complexity index is 333. The minimum atomic E-state index is -0.919. The molecule has 0 aliphatic rings. The monoisotopic (exact) mass is 170 g/mol. The minimum absolute atomic E-state index is 0.134. The second-order valence-electron chi connectivity index (χ2n) is 2.38. The van der Waals surface area contributed by atoms with Crippen molar-refractivity contribution >= 4 is 5.78 Å². The maximum Gasteiger partial charge on any atom is 0.165 e. The summed E-state index contributed by atoms with van der Waals surface area (Å²) in [4.78, 5) is 10.7. The van der Waals surface area contributed by atoms with E-state index in [1.807, 2.05) is 0 Å². The highest BCUT2D eigenvalue weighted by Crippen LogP contribution is 2.26. The van der Waals surface area contributed by atoms with E-state index in [4.69, 9.17) is 10.2 Å². The Hall–Kier alpha value is -1.58. The number of carbonyl (C=O) groups is 1. The zero-order valence-electron chi connectivity index (χ0n) is 6.34. The molecule has 1 aromatic rings. The summed E-state index contributed by atoms with van der Waals surface area (Å²) < 4.78 is 12.6. The van der Waals surface area contributed by atoms with E-state index in [0.29, 0.717) is 0 Å². The lowest BCUT2D eigenvalue weighted by Gasteiger charge is -2.01. The number of Topliss-reactive ketones (excluding diaryl/α,β-unsaturated/α-hetero) is 1. The molecule has 3 nitrogen and oxygen atoms in total. The highest BCUT2D eigenvalue weighted by atomic mass is 19.1. The Kier molecular flexibility index (Phi) is 1.99. The molecule has 0 atom stereocenters.